The van der Waals surface area contributed by atoms with E-state index in [1.54, 1.807) is 6.07 Å². The number of benzene rings is 2. The number of fused-ring (bicyclic) bond motifs is 1. The third-order valence-electron chi connectivity index (χ3n) is 3.06. The van der Waals surface area contributed by atoms with Gasteiger partial charge >= 0.3 is 6.18 Å². The van der Waals surface area contributed by atoms with Crippen LogP contribution in [0.4, 0.5) is 13.2 Å². The van der Waals surface area contributed by atoms with E-state index in [9.17, 15) is 13.2 Å². The van der Waals surface area contributed by atoms with Gasteiger partial charge in [0.2, 0.25) is 0 Å². The van der Waals surface area contributed by atoms with E-state index >= 15 is 0 Å². The van der Waals surface area contributed by atoms with Gasteiger partial charge in [0.05, 0.1) is 6.61 Å². The summed E-state index contributed by atoms with van der Waals surface area (Å²) in [4.78, 5) is 0. The second-order valence-corrected chi connectivity index (χ2v) is 4.54. The lowest BCUT2D eigenvalue weighted by Gasteiger charge is -2.12. The highest BCUT2D eigenvalue weighted by Gasteiger charge is 2.26. The Hall–Kier alpha value is -1.75. The van der Waals surface area contributed by atoms with E-state index < -0.39 is 12.6 Å². The monoisotopic (exact) mass is 283 g/mol. The Kier molecular flexibility index (Phi) is 4.49. The molecule has 2 aromatic rings. The van der Waals surface area contributed by atoms with E-state index in [0.717, 1.165) is 16.3 Å². The van der Waals surface area contributed by atoms with Crippen molar-refractivity contribution >= 4 is 10.8 Å². The molecule has 2 nitrogen and oxygen atoms in total. The Morgan fingerprint density at radius 3 is 2.35 bits per heavy atom. The maximum absolute atomic E-state index is 12.1. The number of halogens is 3. The summed E-state index contributed by atoms with van der Waals surface area (Å²) in [6.45, 7) is 0.459. The van der Waals surface area contributed by atoms with Gasteiger partial charge in [-0.05, 0) is 23.4 Å². The van der Waals surface area contributed by atoms with Crippen molar-refractivity contribution in [2.45, 2.75) is 25.6 Å². The minimum Gasteiger partial charge on any atom is -0.493 e. The fraction of sp³-hybridized carbons (Fsp3) is 0.333. The molecule has 0 saturated heterocycles. The molecular weight excluding hydrogens is 267 g/mol. The van der Waals surface area contributed by atoms with E-state index in [1.807, 2.05) is 30.3 Å². The summed E-state index contributed by atoms with van der Waals surface area (Å²) in [5, 5.41) is 1.85. The zero-order valence-corrected chi connectivity index (χ0v) is 10.9. The van der Waals surface area contributed by atoms with Crippen molar-refractivity contribution in [2.75, 3.05) is 6.61 Å². The van der Waals surface area contributed by atoms with Gasteiger partial charge in [-0.25, -0.2) is 0 Å². The number of ether oxygens (including phenoxy) is 1. The van der Waals surface area contributed by atoms with Crippen molar-refractivity contribution in [1.82, 2.24) is 0 Å². The van der Waals surface area contributed by atoms with Crippen molar-refractivity contribution in [3.63, 3.8) is 0 Å². The topological polar surface area (TPSA) is 35.2 Å². The van der Waals surface area contributed by atoms with Crippen LogP contribution in [0.15, 0.2) is 36.4 Å². The third-order valence-corrected chi connectivity index (χ3v) is 3.06. The summed E-state index contributed by atoms with van der Waals surface area (Å²) in [7, 11) is 0. The normalized spacial score (nSPS) is 11.8. The summed E-state index contributed by atoms with van der Waals surface area (Å²) in [5.41, 5.74) is 6.66. The Bertz CT molecular complexity index is 581. The Morgan fingerprint density at radius 1 is 1.00 bits per heavy atom. The molecule has 0 fully saturated rings. The maximum atomic E-state index is 12.1. The van der Waals surface area contributed by atoms with Crippen molar-refractivity contribution < 1.29 is 17.9 Å². The summed E-state index contributed by atoms with van der Waals surface area (Å²) in [5.74, 6) is 0.597. The highest BCUT2D eigenvalue weighted by Crippen LogP contribution is 2.29. The van der Waals surface area contributed by atoms with Gasteiger partial charge in [0.25, 0.3) is 0 Å². The molecule has 0 aliphatic heterocycles. The van der Waals surface area contributed by atoms with Crippen LogP contribution in [-0.4, -0.2) is 12.8 Å². The van der Waals surface area contributed by atoms with E-state index in [2.05, 4.69) is 0 Å². The minimum atomic E-state index is -4.13. The van der Waals surface area contributed by atoms with Gasteiger partial charge in [0.1, 0.15) is 5.75 Å². The molecule has 0 amide bonds. The number of hydrogen-bond acceptors (Lipinski definition) is 2. The summed E-state index contributed by atoms with van der Waals surface area (Å²) in [6.07, 6.45) is -5.00. The lowest BCUT2D eigenvalue weighted by atomic mass is 10.0. The smallest absolute Gasteiger partial charge is 0.389 e. The highest BCUT2D eigenvalue weighted by atomic mass is 19.4. The molecule has 2 rings (SSSR count). The van der Waals surface area contributed by atoms with Gasteiger partial charge in [0, 0.05) is 18.4 Å². The average Bonchev–Trinajstić information content (AvgIpc) is 2.42. The molecular formula is C15H16F3NO. The first-order valence-corrected chi connectivity index (χ1v) is 6.41. The molecule has 0 radical (unpaired) electrons. The largest absolute Gasteiger partial charge is 0.493 e. The van der Waals surface area contributed by atoms with Crippen molar-refractivity contribution in [3.8, 4) is 5.75 Å². The second-order valence-electron chi connectivity index (χ2n) is 4.54. The first kappa shape index (κ1) is 14.7. The van der Waals surface area contributed by atoms with Crippen LogP contribution in [0.3, 0.4) is 0 Å². The van der Waals surface area contributed by atoms with Crippen molar-refractivity contribution in [2.24, 2.45) is 5.73 Å². The number of nitrogens with two attached hydrogens (primary N) is 1. The van der Waals surface area contributed by atoms with Crippen LogP contribution in [0.2, 0.25) is 0 Å². The lowest BCUT2D eigenvalue weighted by Crippen LogP contribution is -2.10. The molecule has 0 saturated carbocycles. The molecule has 0 aliphatic carbocycles. The predicted octanol–water partition coefficient (Wildman–Crippen LogP) is 4.02. The van der Waals surface area contributed by atoms with E-state index in [0.29, 0.717) is 12.3 Å². The molecule has 0 spiro atoms. The van der Waals surface area contributed by atoms with Crippen LogP contribution in [0.1, 0.15) is 18.4 Å². The molecule has 2 N–H and O–H groups in total. The van der Waals surface area contributed by atoms with Crippen LogP contribution in [0.25, 0.3) is 10.8 Å². The summed E-state index contributed by atoms with van der Waals surface area (Å²) >= 11 is 0. The van der Waals surface area contributed by atoms with Gasteiger partial charge in [0.15, 0.2) is 0 Å². The van der Waals surface area contributed by atoms with E-state index in [-0.39, 0.29) is 13.0 Å². The highest BCUT2D eigenvalue weighted by molar-refractivity contribution is 5.91. The van der Waals surface area contributed by atoms with Crippen LogP contribution >= 0.6 is 0 Å². The van der Waals surface area contributed by atoms with Crippen LogP contribution in [0, 0.1) is 0 Å². The molecule has 0 aromatic heterocycles. The quantitative estimate of drug-likeness (QED) is 0.841. The fourth-order valence-electron chi connectivity index (χ4n) is 2.09. The van der Waals surface area contributed by atoms with Gasteiger partial charge in [-0.3, -0.25) is 0 Å². The summed E-state index contributed by atoms with van der Waals surface area (Å²) < 4.78 is 41.7. The van der Waals surface area contributed by atoms with Crippen LogP contribution in [0.5, 0.6) is 5.75 Å². The van der Waals surface area contributed by atoms with Gasteiger partial charge in [-0.15, -0.1) is 0 Å². The number of rotatable bonds is 5. The third kappa shape index (κ3) is 3.63. The number of alkyl halides is 3. The molecule has 0 heterocycles. The van der Waals surface area contributed by atoms with Crippen LogP contribution < -0.4 is 10.5 Å². The van der Waals surface area contributed by atoms with Gasteiger partial charge < -0.3 is 10.5 Å². The molecule has 0 bridgehead atoms. The molecule has 2 aromatic carbocycles. The van der Waals surface area contributed by atoms with Crippen LogP contribution in [-0.2, 0) is 6.54 Å². The second kappa shape index (κ2) is 6.13. The molecule has 0 aliphatic rings. The predicted molar refractivity (Wildman–Crippen MR) is 72.6 cm³/mol. The standard InChI is InChI=1S/C15H16F3NO/c16-15(17,18)8-3-9-20-14-7-6-11(10-19)12-4-1-2-5-13(12)14/h1-2,4-7H,3,8-10,19H2. The average molecular weight is 283 g/mol. The Labute approximate surface area is 115 Å². The van der Waals surface area contributed by atoms with Gasteiger partial charge in [-0.1, -0.05) is 30.3 Å². The Balaban J connectivity index is 2.11. The first-order chi connectivity index (χ1) is 9.51. The summed E-state index contributed by atoms with van der Waals surface area (Å²) in [6, 6.07) is 11.2. The number of hydrogen-bond donors (Lipinski definition) is 1. The van der Waals surface area contributed by atoms with Gasteiger partial charge in [-0.2, -0.15) is 13.2 Å². The minimum absolute atomic E-state index is 0.0452. The molecule has 0 atom stereocenters. The van der Waals surface area contributed by atoms with Crippen molar-refractivity contribution in [3.05, 3.63) is 42.0 Å². The molecule has 5 heteroatoms. The molecule has 108 valence electrons. The maximum Gasteiger partial charge on any atom is 0.389 e. The SMILES string of the molecule is NCc1ccc(OCCCC(F)(F)F)c2ccccc12. The lowest BCUT2D eigenvalue weighted by molar-refractivity contribution is -0.136. The molecule has 20 heavy (non-hydrogen) atoms. The zero-order chi connectivity index (χ0) is 14.6. The zero-order valence-electron chi connectivity index (χ0n) is 10.9. The first-order valence-electron chi connectivity index (χ1n) is 6.41. The Morgan fingerprint density at radius 2 is 1.70 bits per heavy atom. The molecule has 0 unspecified atom stereocenters. The van der Waals surface area contributed by atoms with E-state index in [4.69, 9.17) is 10.5 Å². The van der Waals surface area contributed by atoms with Crippen molar-refractivity contribution in [1.29, 1.82) is 0 Å². The van der Waals surface area contributed by atoms with E-state index in [1.165, 1.54) is 0 Å². The fourth-order valence-corrected chi connectivity index (χ4v) is 2.09.